The Morgan fingerprint density at radius 2 is 2.00 bits per heavy atom. The number of nitrogens with zero attached hydrogens (tertiary/aromatic N) is 4. The molecule has 1 fully saturated rings. The van der Waals surface area contributed by atoms with Crippen LogP contribution >= 0.6 is 11.8 Å². The predicted octanol–water partition coefficient (Wildman–Crippen LogP) is 2.14. The second-order valence-corrected chi connectivity index (χ2v) is 6.06. The van der Waals surface area contributed by atoms with Crippen molar-refractivity contribution >= 4 is 17.7 Å². The van der Waals surface area contributed by atoms with Gasteiger partial charge in [-0.2, -0.15) is 0 Å². The molecule has 0 atom stereocenters. The Labute approximate surface area is 118 Å². The van der Waals surface area contributed by atoms with Crippen molar-refractivity contribution in [2.75, 3.05) is 18.8 Å². The molecule has 1 amide bonds. The Balaban J connectivity index is 1.97. The van der Waals surface area contributed by atoms with Gasteiger partial charge in [-0.1, -0.05) is 25.6 Å². The SMILES string of the molecule is CCn1c(SCC(=O)N2CCCC2)nnc1C(C)C. The van der Waals surface area contributed by atoms with Crippen molar-refractivity contribution in [2.24, 2.45) is 0 Å². The van der Waals surface area contributed by atoms with E-state index in [-0.39, 0.29) is 5.91 Å². The maximum absolute atomic E-state index is 12.0. The van der Waals surface area contributed by atoms with Gasteiger partial charge in [0.2, 0.25) is 5.91 Å². The lowest BCUT2D eigenvalue weighted by atomic mass is 10.2. The molecule has 1 saturated heterocycles. The number of amides is 1. The quantitative estimate of drug-likeness (QED) is 0.776. The molecule has 1 aromatic heterocycles. The molecule has 106 valence electrons. The number of aromatic nitrogens is 3. The van der Waals surface area contributed by atoms with Gasteiger partial charge < -0.3 is 9.47 Å². The van der Waals surface area contributed by atoms with Crippen molar-refractivity contribution in [3.63, 3.8) is 0 Å². The van der Waals surface area contributed by atoms with Gasteiger partial charge in [-0.3, -0.25) is 4.79 Å². The summed E-state index contributed by atoms with van der Waals surface area (Å²) >= 11 is 1.50. The van der Waals surface area contributed by atoms with Gasteiger partial charge in [0.1, 0.15) is 5.82 Å². The molecule has 6 heteroatoms. The number of rotatable bonds is 5. The van der Waals surface area contributed by atoms with E-state index in [9.17, 15) is 4.79 Å². The first-order chi connectivity index (χ1) is 9.13. The summed E-state index contributed by atoms with van der Waals surface area (Å²) in [5.74, 6) is 2.05. The van der Waals surface area contributed by atoms with Crippen LogP contribution in [0.5, 0.6) is 0 Å². The van der Waals surface area contributed by atoms with E-state index in [1.807, 2.05) is 4.90 Å². The minimum absolute atomic E-state index is 0.222. The summed E-state index contributed by atoms with van der Waals surface area (Å²) in [4.78, 5) is 14.0. The summed E-state index contributed by atoms with van der Waals surface area (Å²) in [5.41, 5.74) is 0. The maximum atomic E-state index is 12.0. The van der Waals surface area contributed by atoms with Gasteiger partial charge in [-0.25, -0.2) is 0 Å². The third-order valence-corrected chi connectivity index (χ3v) is 4.31. The van der Waals surface area contributed by atoms with Crippen molar-refractivity contribution in [2.45, 2.75) is 51.2 Å². The fourth-order valence-corrected chi connectivity index (χ4v) is 3.23. The van der Waals surface area contributed by atoms with E-state index in [2.05, 4.69) is 35.5 Å². The van der Waals surface area contributed by atoms with Crippen LogP contribution in [0.15, 0.2) is 5.16 Å². The van der Waals surface area contributed by atoms with E-state index in [0.29, 0.717) is 11.7 Å². The lowest BCUT2D eigenvalue weighted by Crippen LogP contribution is -2.29. The highest BCUT2D eigenvalue weighted by Crippen LogP contribution is 2.22. The van der Waals surface area contributed by atoms with Crippen LogP contribution < -0.4 is 0 Å². The summed E-state index contributed by atoms with van der Waals surface area (Å²) < 4.78 is 2.10. The second kappa shape index (κ2) is 6.41. The van der Waals surface area contributed by atoms with E-state index in [1.54, 1.807) is 0 Å². The number of thioether (sulfide) groups is 1. The summed E-state index contributed by atoms with van der Waals surface area (Å²) in [5, 5.41) is 9.30. The van der Waals surface area contributed by atoms with Gasteiger partial charge in [0.05, 0.1) is 5.75 Å². The Morgan fingerprint density at radius 1 is 1.32 bits per heavy atom. The zero-order valence-electron chi connectivity index (χ0n) is 11.9. The molecule has 0 spiro atoms. The summed E-state index contributed by atoms with van der Waals surface area (Å²) in [7, 11) is 0. The minimum Gasteiger partial charge on any atom is -0.342 e. The predicted molar refractivity (Wildman–Crippen MR) is 76.3 cm³/mol. The van der Waals surface area contributed by atoms with Gasteiger partial charge in [-0.05, 0) is 19.8 Å². The van der Waals surface area contributed by atoms with Crippen LogP contribution in [0.3, 0.4) is 0 Å². The molecule has 0 radical (unpaired) electrons. The molecule has 0 aromatic carbocycles. The minimum atomic E-state index is 0.222. The topological polar surface area (TPSA) is 51.0 Å². The molecular weight excluding hydrogens is 260 g/mol. The zero-order chi connectivity index (χ0) is 13.8. The Morgan fingerprint density at radius 3 is 2.58 bits per heavy atom. The summed E-state index contributed by atoms with van der Waals surface area (Å²) in [6.45, 7) is 8.98. The average molecular weight is 282 g/mol. The maximum Gasteiger partial charge on any atom is 0.233 e. The van der Waals surface area contributed by atoms with Crippen molar-refractivity contribution < 1.29 is 4.79 Å². The van der Waals surface area contributed by atoms with Crippen LogP contribution in [-0.4, -0.2) is 44.4 Å². The molecule has 2 rings (SSSR count). The highest BCUT2D eigenvalue weighted by atomic mass is 32.2. The molecule has 0 bridgehead atoms. The van der Waals surface area contributed by atoms with E-state index in [1.165, 1.54) is 11.8 Å². The molecule has 19 heavy (non-hydrogen) atoms. The van der Waals surface area contributed by atoms with Crippen LogP contribution in [-0.2, 0) is 11.3 Å². The lowest BCUT2D eigenvalue weighted by Gasteiger charge is -2.14. The smallest absolute Gasteiger partial charge is 0.233 e. The van der Waals surface area contributed by atoms with Crippen molar-refractivity contribution in [1.29, 1.82) is 0 Å². The normalized spacial score (nSPS) is 15.5. The molecule has 5 nitrogen and oxygen atoms in total. The van der Waals surface area contributed by atoms with Gasteiger partial charge >= 0.3 is 0 Å². The number of hydrogen-bond acceptors (Lipinski definition) is 4. The lowest BCUT2D eigenvalue weighted by molar-refractivity contribution is -0.127. The molecule has 1 aliphatic heterocycles. The summed E-state index contributed by atoms with van der Waals surface area (Å²) in [6, 6.07) is 0. The fourth-order valence-electron chi connectivity index (χ4n) is 2.32. The fraction of sp³-hybridized carbons (Fsp3) is 0.769. The van der Waals surface area contributed by atoms with Gasteiger partial charge in [0.15, 0.2) is 5.16 Å². The Kier molecular flexibility index (Phi) is 4.85. The highest BCUT2D eigenvalue weighted by Gasteiger charge is 2.20. The molecule has 0 aliphatic carbocycles. The molecule has 0 unspecified atom stereocenters. The van der Waals surface area contributed by atoms with Crippen molar-refractivity contribution in [3.8, 4) is 0 Å². The third kappa shape index (κ3) is 3.29. The molecule has 0 N–H and O–H groups in total. The van der Waals surface area contributed by atoms with Gasteiger partial charge in [-0.15, -0.1) is 10.2 Å². The van der Waals surface area contributed by atoms with Gasteiger partial charge in [0.25, 0.3) is 0 Å². The highest BCUT2D eigenvalue weighted by molar-refractivity contribution is 7.99. The molecule has 0 saturated carbocycles. The van der Waals surface area contributed by atoms with Crippen LogP contribution in [0.2, 0.25) is 0 Å². The number of carbonyl (C=O) groups is 1. The van der Waals surface area contributed by atoms with E-state index < -0.39 is 0 Å². The van der Waals surface area contributed by atoms with Crippen molar-refractivity contribution in [1.82, 2.24) is 19.7 Å². The largest absolute Gasteiger partial charge is 0.342 e. The zero-order valence-corrected chi connectivity index (χ0v) is 12.7. The van der Waals surface area contributed by atoms with Crippen LogP contribution in [0.1, 0.15) is 45.4 Å². The molecular formula is C13H22N4OS. The first kappa shape index (κ1) is 14.4. The monoisotopic (exact) mass is 282 g/mol. The first-order valence-corrected chi connectivity index (χ1v) is 7.95. The third-order valence-electron chi connectivity index (χ3n) is 3.36. The molecule has 2 heterocycles. The number of likely N-dealkylation sites (tertiary alicyclic amines) is 1. The van der Waals surface area contributed by atoms with Crippen LogP contribution in [0.25, 0.3) is 0 Å². The van der Waals surface area contributed by atoms with Gasteiger partial charge in [0, 0.05) is 25.6 Å². The standard InChI is InChI=1S/C13H22N4OS/c1-4-17-12(10(2)3)14-15-13(17)19-9-11(18)16-7-5-6-8-16/h10H,4-9H2,1-3H3. The Bertz CT molecular complexity index is 438. The average Bonchev–Trinajstić information content (AvgIpc) is 3.04. The van der Waals surface area contributed by atoms with E-state index >= 15 is 0 Å². The molecule has 1 aromatic rings. The second-order valence-electron chi connectivity index (χ2n) is 5.12. The van der Waals surface area contributed by atoms with Crippen LogP contribution in [0, 0.1) is 0 Å². The van der Waals surface area contributed by atoms with E-state index in [4.69, 9.17) is 0 Å². The first-order valence-electron chi connectivity index (χ1n) is 6.97. The number of hydrogen-bond donors (Lipinski definition) is 0. The summed E-state index contributed by atoms with van der Waals surface area (Å²) in [6.07, 6.45) is 2.28. The molecule has 1 aliphatic rings. The number of carbonyl (C=O) groups excluding carboxylic acids is 1. The van der Waals surface area contributed by atoms with Crippen molar-refractivity contribution in [3.05, 3.63) is 5.82 Å². The Hall–Kier alpha value is -1.04. The van der Waals surface area contributed by atoms with E-state index in [0.717, 1.165) is 43.5 Å². The van der Waals surface area contributed by atoms with Crippen LogP contribution in [0.4, 0.5) is 0 Å².